The zero-order valence-corrected chi connectivity index (χ0v) is 12.4. The van der Waals surface area contributed by atoms with Crippen molar-refractivity contribution in [1.82, 2.24) is 14.5 Å². The molecule has 2 rings (SSSR count). The lowest BCUT2D eigenvalue weighted by atomic mass is 10.1. The summed E-state index contributed by atoms with van der Waals surface area (Å²) >= 11 is 0. The van der Waals surface area contributed by atoms with Gasteiger partial charge in [-0.1, -0.05) is 6.07 Å². The molecule has 0 aliphatic rings. The molecule has 0 spiro atoms. The van der Waals surface area contributed by atoms with Gasteiger partial charge in [0.15, 0.2) is 0 Å². The molecule has 1 aromatic carbocycles. The van der Waals surface area contributed by atoms with Gasteiger partial charge in [0, 0.05) is 19.6 Å². The van der Waals surface area contributed by atoms with Crippen LogP contribution in [0, 0.1) is 0 Å². The van der Waals surface area contributed by atoms with E-state index in [1.165, 1.54) is 19.2 Å². The first kappa shape index (κ1) is 16.3. The molecule has 0 amide bonds. The summed E-state index contributed by atoms with van der Waals surface area (Å²) in [5, 5.41) is 2.36. The predicted molar refractivity (Wildman–Crippen MR) is 77.0 cm³/mol. The standard InChI is InChI=1S/C14H16F3N3O2/c1-8(18-2)7-20-12(21)11-9(14(15,16)17)5-4-6-10(11)19(3)13(20)22/h4-6,8,18H,7H2,1-3H3. The van der Waals surface area contributed by atoms with Crippen molar-refractivity contribution in [3.8, 4) is 0 Å². The van der Waals surface area contributed by atoms with Crippen LogP contribution in [-0.2, 0) is 19.8 Å². The van der Waals surface area contributed by atoms with E-state index in [0.717, 1.165) is 15.2 Å². The second kappa shape index (κ2) is 5.60. The van der Waals surface area contributed by atoms with Crippen LogP contribution in [0.15, 0.2) is 27.8 Å². The molecule has 0 saturated carbocycles. The third-order valence-corrected chi connectivity index (χ3v) is 3.64. The van der Waals surface area contributed by atoms with Crippen molar-refractivity contribution in [2.75, 3.05) is 7.05 Å². The molecule has 0 bridgehead atoms. The fraction of sp³-hybridized carbons (Fsp3) is 0.429. The summed E-state index contributed by atoms with van der Waals surface area (Å²) in [6, 6.07) is 3.13. The first-order valence-electron chi connectivity index (χ1n) is 6.65. The van der Waals surface area contributed by atoms with E-state index >= 15 is 0 Å². The highest BCUT2D eigenvalue weighted by molar-refractivity contribution is 5.82. The summed E-state index contributed by atoms with van der Waals surface area (Å²) in [7, 11) is 2.99. The van der Waals surface area contributed by atoms with Crippen LogP contribution in [0.4, 0.5) is 13.2 Å². The Morgan fingerprint density at radius 1 is 1.27 bits per heavy atom. The number of halogens is 3. The van der Waals surface area contributed by atoms with Gasteiger partial charge >= 0.3 is 11.9 Å². The molecule has 1 atom stereocenters. The molecule has 2 aromatic rings. The predicted octanol–water partition coefficient (Wildman–Crippen LogP) is 1.33. The van der Waals surface area contributed by atoms with E-state index in [1.807, 2.05) is 0 Å². The number of aryl methyl sites for hydroxylation is 1. The van der Waals surface area contributed by atoms with E-state index in [-0.39, 0.29) is 18.1 Å². The maximum Gasteiger partial charge on any atom is 0.417 e. The lowest BCUT2D eigenvalue weighted by Crippen LogP contribution is -2.44. The second-order valence-corrected chi connectivity index (χ2v) is 5.14. The van der Waals surface area contributed by atoms with Crippen LogP contribution in [0.5, 0.6) is 0 Å². The number of nitrogens with zero attached hydrogens (tertiary/aromatic N) is 2. The van der Waals surface area contributed by atoms with Gasteiger partial charge in [0.2, 0.25) is 0 Å². The summed E-state index contributed by atoms with van der Waals surface area (Å²) in [5.41, 5.74) is -2.62. The van der Waals surface area contributed by atoms with Crippen LogP contribution < -0.4 is 16.6 Å². The molecule has 8 heteroatoms. The molecule has 22 heavy (non-hydrogen) atoms. The minimum atomic E-state index is -4.66. The second-order valence-electron chi connectivity index (χ2n) is 5.14. The molecular weight excluding hydrogens is 299 g/mol. The number of aromatic nitrogens is 2. The fourth-order valence-electron chi connectivity index (χ4n) is 2.31. The first-order chi connectivity index (χ1) is 10.2. The SMILES string of the molecule is CNC(C)Cn1c(=O)c2c(C(F)(F)F)cccc2n(C)c1=O. The van der Waals surface area contributed by atoms with Gasteiger partial charge in [0.05, 0.1) is 16.5 Å². The molecule has 1 aromatic heterocycles. The normalized spacial score (nSPS) is 13.5. The number of rotatable bonds is 3. The summed E-state index contributed by atoms with van der Waals surface area (Å²) in [6.45, 7) is 1.72. The number of hydrogen-bond donors (Lipinski definition) is 1. The molecule has 120 valence electrons. The number of fused-ring (bicyclic) bond motifs is 1. The van der Waals surface area contributed by atoms with Crippen molar-refractivity contribution in [3.63, 3.8) is 0 Å². The van der Waals surface area contributed by atoms with E-state index in [4.69, 9.17) is 0 Å². The minimum Gasteiger partial charge on any atom is -0.315 e. The van der Waals surface area contributed by atoms with E-state index in [0.29, 0.717) is 0 Å². The molecule has 1 unspecified atom stereocenters. The average Bonchev–Trinajstić information content (AvgIpc) is 2.47. The van der Waals surface area contributed by atoms with Gasteiger partial charge < -0.3 is 5.32 Å². The number of likely N-dealkylation sites (N-methyl/N-ethyl adjacent to an activating group) is 1. The van der Waals surface area contributed by atoms with Crippen molar-refractivity contribution >= 4 is 10.9 Å². The zero-order valence-electron chi connectivity index (χ0n) is 12.4. The van der Waals surface area contributed by atoms with E-state index < -0.39 is 28.4 Å². The molecule has 5 nitrogen and oxygen atoms in total. The summed E-state index contributed by atoms with van der Waals surface area (Å²) < 4.78 is 41.3. The van der Waals surface area contributed by atoms with Crippen LogP contribution in [0.2, 0.25) is 0 Å². The monoisotopic (exact) mass is 315 g/mol. The Hall–Kier alpha value is -2.09. The average molecular weight is 315 g/mol. The van der Waals surface area contributed by atoms with Gasteiger partial charge in [-0.3, -0.25) is 13.9 Å². The maximum absolute atomic E-state index is 13.1. The fourth-order valence-corrected chi connectivity index (χ4v) is 2.31. The van der Waals surface area contributed by atoms with Gasteiger partial charge in [-0.15, -0.1) is 0 Å². The quantitative estimate of drug-likeness (QED) is 0.929. The lowest BCUT2D eigenvalue weighted by Gasteiger charge is -2.16. The van der Waals surface area contributed by atoms with Crippen LogP contribution in [0.3, 0.4) is 0 Å². The Labute approximate surface area is 124 Å². The van der Waals surface area contributed by atoms with Crippen molar-refractivity contribution < 1.29 is 13.2 Å². The third kappa shape index (κ3) is 2.66. The highest BCUT2D eigenvalue weighted by Crippen LogP contribution is 2.32. The van der Waals surface area contributed by atoms with Gasteiger partial charge in [0.1, 0.15) is 0 Å². The smallest absolute Gasteiger partial charge is 0.315 e. The number of benzene rings is 1. The van der Waals surface area contributed by atoms with Crippen LogP contribution >= 0.6 is 0 Å². The molecular formula is C14H16F3N3O2. The first-order valence-corrected chi connectivity index (χ1v) is 6.65. The van der Waals surface area contributed by atoms with Gasteiger partial charge in [-0.25, -0.2) is 4.79 Å². The lowest BCUT2D eigenvalue weighted by molar-refractivity contribution is -0.136. The number of alkyl halides is 3. The third-order valence-electron chi connectivity index (χ3n) is 3.64. The molecule has 0 radical (unpaired) electrons. The Balaban J connectivity index is 2.91. The van der Waals surface area contributed by atoms with Gasteiger partial charge in [-0.05, 0) is 26.1 Å². The molecule has 1 N–H and O–H groups in total. The van der Waals surface area contributed by atoms with E-state index in [1.54, 1.807) is 14.0 Å². The Bertz CT molecular complexity index is 821. The summed E-state index contributed by atoms with van der Waals surface area (Å²) in [6.07, 6.45) is -4.66. The molecule has 0 aliphatic carbocycles. The molecule has 0 aliphatic heterocycles. The van der Waals surface area contributed by atoms with E-state index in [9.17, 15) is 22.8 Å². The topological polar surface area (TPSA) is 56.0 Å². The number of hydrogen-bond acceptors (Lipinski definition) is 3. The van der Waals surface area contributed by atoms with Crippen molar-refractivity contribution in [2.24, 2.45) is 7.05 Å². The Morgan fingerprint density at radius 3 is 2.45 bits per heavy atom. The van der Waals surface area contributed by atoms with Crippen molar-refractivity contribution in [1.29, 1.82) is 0 Å². The molecule has 0 saturated heterocycles. The molecule has 1 heterocycles. The van der Waals surface area contributed by atoms with Crippen LogP contribution in [-0.4, -0.2) is 22.2 Å². The van der Waals surface area contributed by atoms with Crippen molar-refractivity contribution in [2.45, 2.75) is 25.7 Å². The maximum atomic E-state index is 13.1. The Kier molecular flexibility index (Phi) is 4.15. The minimum absolute atomic E-state index is 0.00978. The largest absolute Gasteiger partial charge is 0.417 e. The van der Waals surface area contributed by atoms with E-state index in [2.05, 4.69) is 5.32 Å². The highest BCUT2D eigenvalue weighted by Gasteiger charge is 2.34. The Morgan fingerprint density at radius 2 is 1.91 bits per heavy atom. The zero-order chi connectivity index (χ0) is 16.7. The summed E-state index contributed by atoms with van der Waals surface area (Å²) in [5.74, 6) is 0. The van der Waals surface area contributed by atoms with Crippen LogP contribution in [0.1, 0.15) is 12.5 Å². The van der Waals surface area contributed by atoms with Crippen LogP contribution in [0.25, 0.3) is 10.9 Å². The van der Waals surface area contributed by atoms with Gasteiger partial charge in [-0.2, -0.15) is 13.2 Å². The highest BCUT2D eigenvalue weighted by atomic mass is 19.4. The van der Waals surface area contributed by atoms with Crippen molar-refractivity contribution in [3.05, 3.63) is 44.6 Å². The number of nitrogens with one attached hydrogen (secondary N) is 1. The summed E-state index contributed by atoms with van der Waals surface area (Å²) in [4.78, 5) is 24.7. The van der Waals surface area contributed by atoms with Gasteiger partial charge in [0.25, 0.3) is 5.56 Å². The molecule has 0 fully saturated rings.